The predicted octanol–water partition coefficient (Wildman–Crippen LogP) is 3.88. The molecule has 1 fully saturated rings. The van der Waals surface area contributed by atoms with Crippen LogP contribution in [0.25, 0.3) is 0 Å². The van der Waals surface area contributed by atoms with Gasteiger partial charge in [0, 0.05) is 6.54 Å². The van der Waals surface area contributed by atoms with E-state index in [-0.39, 0.29) is 5.75 Å². The molecule has 3 nitrogen and oxygen atoms in total. The number of rotatable bonds is 4. The lowest BCUT2D eigenvalue weighted by Gasteiger charge is -2.27. The summed E-state index contributed by atoms with van der Waals surface area (Å²) in [5.74, 6) is -0.269. The van der Waals surface area contributed by atoms with Crippen molar-refractivity contribution in [1.29, 1.82) is 0 Å². The van der Waals surface area contributed by atoms with Crippen LogP contribution >= 0.6 is 0 Å². The fourth-order valence-electron chi connectivity index (χ4n) is 2.74. The van der Waals surface area contributed by atoms with Crippen LogP contribution in [0.5, 0.6) is 5.75 Å². The molecule has 0 amide bonds. The molecule has 6 heteroatoms. The van der Waals surface area contributed by atoms with E-state index in [0.29, 0.717) is 12.1 Å². The first-order valence-corrected chi connectivity index (χ1v) is 7.70. The summed E-state index contributed by atoms with van der Waals surface area (Å²) in [5.41, 5.74) is 0.608. The zero-order valence-electron chi connectivity index (χ0n) is 12.5. The van der Waals surface area contributed by atoms with Crippen LogP contribution in [0.2, 0.25) is 0 Å². The number of likely N-dealkylation sites (tertiary alicyclic amines) is 1. The molecule has 0 spiro atoms. The van der Waals surface area contributed by atoms with Crippen molar-refractivity contribution in [3.8, 4) is 5.75 Å². The van der Waals surface area contributed by atoms with E-state index >= 15 is 0 Å². The van der Waals surface area contributed by atoms with Gasteiger partial charge in [-0.3, -0.25) is 0 Å². The number of hydrogen-bond donors (Lipinski definition) is 1. The minimum atomic E-state index is -4.69. The van der Waals surface area contributed by atoms with Crippen molar-refractivity contribution in [2.45, 2.75) is 44.6 Å². The van der Waals surface area contributed by atoms with E-state index in [2.05, 4.69) is 9.64 Å². The third-order valence-corrected chi connectivity index (χ3v) is 3.88. The molecule has 0 unspecified atom stereocenters. The van der Waals surface area contributed by atoms with Gasteiger partial charge in [0.15, 0.2) is 0 Å². The third-order valence-electron chi connectivity index (χ3n) is 3.88. The molecule has 124 valence electrons. The molecule has 2 rings (SSSR count). The minimum Gasteiger partial charge on any atom is -0.406 e. The first kappa shape index (κ1) is 17.1. The third kappa shape index (κ3) is 5.85. The maximum absolute atomic E-state index is 12.1. The lowest BCUT2D eigenvalue weighted by molar-refractivity contribution is -0.274. The molecule has 1 aromatic carbocycles. The number of alkyl halides is 3. The normalized spacial score (nSPS) is 19.3. The summed E-state index contributed by atoms with van der Waals surface area (Å²) in [4.78, 5) is 2.23. The summed E-state index contributed by atoms with van der Waals surface area (Å²) >= 11 is 0. The molecule has 0 radical (unpaired) electrons. The average Bonchev–Trinajstić information content (AvgIpc) is 2.40. The van der Waals surface area contributed by atoms with Crippen molar-refractivity contribution >= 4 is 0 Å². The average molecular weight is 317 g/mol. The van der Waals surface area contributed by atoms with Crippen LogP contribution < -0.4 is 4.74 Å². The Hall–Kier alpha value is -1.27. The first-order valence-electron chi connectivity index (χ1n) is 7.70. The Balaban J connectivity index is 1.89. The van der Waals surface area contributed by atoms with Crippen molar-refractivity contribution < 1.29 is 23.0 Å². The van der Waals surface area contributed by atoms with Gasteiger partial charge in [0.2, 0.25) is 0 Å². The van der Waals surface area contributed by atoms with Crippen molar-refractivity contribution in [3.05, 3.63) is 29.8 Å². The Labute approximate surface area is 128 Å². The topological polar surface area (TPSA) is 32.7 Å². The number of ether oxygens (including phenoxy) is 1. The molecule has 1 atom stereocenters. The second kappa shape index (κ2) is 7.83. The molecule has 0 saturated carbocycles. The van der Waals surface area contributed by atoms with Crippen molar-refractivity contribution in [1.82, 2.24) is 4.90 Å². The second-order valence-corrected chi connectivity index (χ2v) is 5.70. The number of β-amino-alcohol motifs (C(OH)–C–C–N with tert-alkyl or cyclic N) is 1. The van der Waals surface area contributed by atoms with Gasteiger partial charge in [0.25, 0.3) is 0 Å². The molecular formula is C16H22F3NO2. The molecule has 1 aliphatic heterocycles. The lowest BCUT2D eigenvalue weighted by Crippen LogP contribution is -2.31. The summed E-state index contributed by atoms with van der Waals surface area (Å²) in [6, 6.07) is 5.44. The Bertz CT molecular complexity index is 440. The Kier molecular flexibility index (Phi) is 6.08. The highest BCUT2D eigenvalue weighted by Gasteiger charge is 2.31. The van der Waals surface area contributed by atoms with E-state index in [1.165, 1.54) is 43.5 Å². The van der Waals surface area contributed by atoms with Gasteiger partial charge in [-0.25, -0.2) is 0 Å². The SMILES string of the molecule is O[C@H](CN1CCCCCCC1)c1ccc(OC(F)(F)F)cc1. The number of hydrogen-bond acceptors (Lipinski definition) is 3. The molecular weight excluding hydrogens is 295 g/mol. The molecule has 22 heavy (non-hydrogen) atoms. The molecule has 0 aliphatic carbocycles. The molecule has 1 aliphatic rings. The van der Waals surface area contributed by atoms with Gasteiger partial charge in [0.05, 0.1) is 6.10 Å². The van der Waals surface area contributed by atoms with Gasteiger partial charge in [0.1, 0.15) is 5.75 Å². The maximum Gasteiger partial charge on any atom is 0.573 e. The second-order valence-electron chi connectivity index (χ2n) is 5.70. The highest BCUT2D eigenvalue weighted by molar-refractivity contribution is 5.28. The van der Waals surface area contributed by atoms with Crippen molar-refractivity contribution in [2.75, 3.05) is 19.6 Å². The van der Waals surface area contributed by atoms with Crippen LogP contribution in [0, 0.1) is 0 Å². The van der Waals surface area contributed by atoms with E-state index in [0.717, 1.165) is 25.9 Å². The monoisotopic (exact) mass is 317 g/mol. The number of aliphatic hydroxyl groups excluding tert-OH is 1. The van der Waals surface area contributed by atoms with Gasteiger partial charge in [-0.1, -0.05) is 31.4 Å². The fraction of sp³-hybridized carbons (Fsp3) is 0.625. The lowest BCUT2D eigenvalue weighted by atomic mass is 10.1. The summed E-state index contributed by atoms with van der Waals surface area (Å²) in [6.07, 6.45) is 0.587. The molecule has 0 aromatic heterocycles. The quantitative estimate of drug-likeness (QED) is 0.914. The van der Waals surface area contributed by atoms with Gasteiger partial charge in [-0.15, -0.1) is 13.2 Å². The van der Waals surface area contributed by atoms with E-state index in [1.54, 1.807) is 0 Å². The van der Waals surface area contributed by atoms with E-state index in [9.17, 15) is 18.3 Å². The predicted molar refractivity (Wildman–Crippen MR) is 77.6 cm³/mol. The highest BCUT2D eigenvalue weighted by atomic mass is 19.4. The molecule has 0 bridgehead atoms. The van der Waals surface area contributed by atoms with Crippen molar-refractivity contribution in [3.63, 3.8) is 0 Å². The smallest absolute Gasteiger partial charge is 0.406 e. The van der Waals surface area contributed by atoms with Crippen molar-refractivity contribution in [2.24, 2.45) is 0 Å². The van der Waals surface area contributed by atoms with E-state index in [4.69, 9.17) is 0 Å². The maximum atomic E-state index is 12.1. The van der Waals surface area contributed by atoms with Gasteiger partial charge >= 0.3 is 6.36 Å². The van der Waals surface area contributed by atoms with E-state index < -0.39 is 12.5 Å². The van der Waals surface area contributed by atoms with E-state index in [1.807, 2.05) is 0 Å². The zero-order chi connectivity index (χ0) is 16.0. The van der Waals surface area contributed by atoms with Gasteiger partial charge < -0.3 is 14.7 Å². The highest BCUT2D eigenvalue weighted by Crippen LogP contribution is 2.25. The van der Waals surface area contributed by atoms with Crippen LogP contribution in [-0.4, -0.2) is 36.0 Å². The fourth-order valence-corrected chi connectivity index (χ4v) is 2.74. The van der Waals surface area contributed by atoms with Crippen LogP contribution in [0.3, 0.4) is 0 Å². The number of aliphatic hydroxyl groups is 1. The minimum absolute atomic E-state index is 0.269. The molecule has 1 saturated heterocycles. The van der Waals surface area contributed by atoms with Crippen LogP contribution in [0.15, 0.2) is 24.3 Å². The summed E-state index contributed by atoms with van der Waals surface area (Å²) in [6.45, 7) is 2.44. The molecule has 1 heterocycles. The van der Waals surface area contributed by atoms with Gasteiger partial charge in [-0.2, -0.15) is 0 Å². The Morgan fingerprint density at radius 1 is 1.00 bits per heavy atom. The zero-order valence-corrected chi connectivity index (χ0v) is 12.5. The largest absolute Gasteiger partial charge is 0.573 e. The Morgan fingerprint density at radius 2 is 1.55 bits per heavy atom. The number of nitrogens with zero attached hydrogens (tertiary/aromatic N) is 1. The summed E-state index contributed by atoms with van der Waals surface area (Å²) in [5, 5.41) is 10.3. The van der Waals surface area contributed by atoms with Gasteiger partial charge in [-0.05, 0) is 43.6 Å². The number of benzene rings is 1. The van der Waals surface area contributed by atoms with Crippen LogP contribution in [-0.2, 0) is 0 Å². The van der Waals surface area contributed by atoms with Crippen LogP contribution in [0.4, 0.5) is 13.2 Å². The molecule has 1 N–H and O–H groups in total. The Morgan fingerprint density at radius 3 is 2.09 bits per heavy atom. The molecule has 1 aromatic rings. The summed E-state index contributed by atoms with van der Waals surface area (Å²) in [7, 11) is 0. The number of halogens is 3. The standard InChI is InChI=1S/C16H22F3NO2/c17-16(18,19)22-14-8-6-13(7-9-14)15(21)12-20-10-4-2-1-3-5-11-20/h6-9,15,21H,1-5,10-12H2/t15-/m1/s1. The summed E-state index contributed by atoms with van der Waals surface area (Å²) < 4.78 is 40.1. The first-order chi connectivity index (χ1) is 10.4. The van der Waals surface area contributed by atoms with Crippen LogP contribution in [0.1, 0.15) is 43.8 Å².